The Kier molecular flexibility index (Phi) is 7.94. The summed E-state index contributed by atoms with van der Waals surface area (Å²) in [5.41, 5.74) is -0.405. The van der Waals surface area contributed by atoms with Gasteiger partial charge in [0, 0.05) is 18.7 Å². The number of nitrogens with one attached hydrogen (secondary N) is 1. The number of halogens is 1. The van der Waals surface area contributed by atoms with Crippen LogP contribution in [0.1, 0.15) is 38.9 Å². The molecule has 2 rings (SSSR count). The van der Waals surface area contributed by atoms with Crippen LogP contribution in [0.25, 0.3) is 11.1 Å². The second-order valence-electron chi connectivity index (χ2n) is 8.00. The van der Waals surface area contributed by atoms with E-state index in [9.17, 15) is 19.7 Å². The van der Waals surface area contributed by atoms with Gasteiger partial charge in [0.15, 0.2) is 5.15 Å². The lowest BCUT2D eigenvalue weighted by molar-refractivity contribution is -0.384. The number of benzene rings is 1. The number of nitrogens with zero attached hydrogens (tertiary/aromatic N) is 4. The second-order valence-corrected chi connectivity index (χ2v) is 8.36. The zero-order valence-electron chi connectivity index (χ0n) is 18.5. The fourth-order valence-electron chi connectivity index (χ4n) is 2.84. The Morgan fingerprint density at radius 1 is 1.33 bits per heavy atom. The minimum atomic E-state index is -1.27. The number of carboxylic acid groups (broad SMARTS) is 1. The summed E-state index contributed by atoms with van der Waals surface area (Å²) in [6.45, 7) is 8.84. The summed E-state index contributed by atoms with van der Waals surface area (Å²) in [5, 5.41) is 31.4. The van der Waals surface area contributed by atoms with Crippen molar-refractivity contribution in [1.29, 1.82) is 0 Å². The molecule has 33 heavy (non-hydrogen) atoms. The first-order valence-electron chi connectivity index (χ1n) is 9.73. The lowest BCUT2D eigenvalue weighted by Crippen LogP contribution is -2.35. The van der Waals surface area contributed by atoms with E-state index in [1.165, 1.54) is 25.2 Å². The molecule has 2 aromatic rings. The van der Waals surface area contributed by atoms with Crippen molar-refractivity contribution in [2.24, 2.45) is 0 Å². The standard InChI is InChI=1S/C21H24ClN5O6/c1-6-7-15(23-19(28)33-21(2,3)4)16-11-14(18(22)25-24-16)13-9-8-12(26(5)20(29)30)10-17(13)27(31)32/h6,8-11,15H,1,7H2,2-5H3,(H,23,28)(H,29,30). The van der Waals surface area contributed by atoms with Crippen molar-refractivity contribution in [3.8, 4) is 11.1 Å². The highest BCUT2D eigenvalue weighted by molar-refractivity contribution is 6.32. The van der Waals surface area contributed by atoms with Crippen molar-refractivity contribution in [2.45, 2.75) is 38.8 Å². The Morgan fingerprint density at radius 3 is 2.55 bits per heavy atom. The molecule has 12 heteroatoms. The normalized spacial score (nSPS) is 11.9. The summed E-state index contributed by atoms with van der Waals surface area (Å²) in [7, 11) is 1.27. The van der Waals surface area contributed by atoms with Crippen LogP contribution < -0.4 is 10.2 Å². The van der Waals surface area contributed by atoms with Crippen molar-refractivity contribution in [3.63, 3.8) is 0 Å². The highest BCUT2D eigenvalue weighted by Crippen LogP contribution is 2.37. The molecule has 0 aliphatic heterocycles. The van der Waals surface area contributed by atoms with Crippen LogP contribution in [0.4, 0.5) is 21.0 Å². The average Bonchev–Trinajstić information content (AvgIpc) is 2.71. The molecule has 0 saturated heterocycles. The first-order chi connectivity index (χ1) is 15.3. The van der Waals surface area contributed by atoms with Crippen LogP contribution in [0.15, 0.2) is 36.9 Å². The molecule has 0 bridgehead atoms. The molecule has 1 aromatic heterocycles. The molecular formula is C21H24ClN5O6. The molecule has 1 unspecified atom stereocenters. The second kappa shape index (κ2) is 10.3. The Labute approximate surface area is 195 Å². The number of hydrogen-bond acceptors (Lipinski definition) is 7. The number of ether oxygens (including phenoxy) is 1. The molecule has 0 saturated carbocycles. The van der Waals surface area contributed by atoms with Crippen molar-refractivity contribution < 1.29 is 24.4 Å². The molecule has 1 heterocycles. The highest BCUT2D eigenvalue weighted by atomic mass is 35.5. The Hall–Kier alpha value is -3.73. The smallest absolute Gasteiger partial charge is 0.411 e. The predicted octanol–water partition coefficient (Wildman–Crippen LogP) is 4.96. The summed E-state index contributed by atoms with van der Waals surface area (Å²) in [6, 6.07) is 4.71. The monoisotopic (exact) mass is 477 g/mol. The topological polar surface area (TPSA) is 148 Å². The van der Waals surface area contributed by atoms with E-state index in [1.807, 2.05) is 0 Å². The first kappa shape index (κ1) is 25.5. The van der Waals surface area contributed by atoms with Gasteiger partial charge in [0.25, 0.3) is 5.69 Å². The number of amides is 2. The number of aromatic nitrogens is 2. The van der Waals surface area contributed by atoms with Crippen LogP contribution in [-0.2, 0) is 4.74 Å². The largest absolute Gasteiger partial charge is 0.465 e. The molecule has 1 aromatic carbocycles. The Morgan fingerprint density at radius 2 is 2.00 bits per heavy atom. The van der Waals surface area contributed by atoms with Crippen LogP contribution >= 0.6 is 11.6 Å². The Balaban J connectivity index is 2.52. The van der Waals surface area contributed by atoms with Gasteiger partial charge in [-0.1, -0.05) is 17.7 Å². The molecule has 176 valence electrons. The molecular weight excluding hydrogens is 454 g/mol. The molecule has 2 N–H and O–H groups in total. The molecule has 0 radical (unpaired) electrons. The van der Waals surface area contributed by atoms with Crippen LogP contribution in [-0.4, -0.2) is 45.1 Å². The molecule has 0 aliphatic carbocycles. The van der Waals surface area contributed by atoms with Crippen LogP contribution in [0.5, 0.6) is 0 Å². The van der Waals surface area contributed by atoms with E-state index in [2.05, 4.69) is 22.1 Å². The maximum atomic E-state index is 12.3. The third-order valence-corrected chi connectivity index (χ3v) is 4.64. The molecule has 0 aliphatic rings. The summed E-state index contributed by atoms with van der Waals surface area (Å²) >= 11 is 6.20. The number of anilines is 1. The number of hydrogen-bond donors (Lipinski definition) is 2. The van der Waals surface area contributed by atoms with Crippen molar-refractivity contribution in [1.82, 2.24) is 15.5 Å². The minimum Gasteiger partial charge on any atom is -0.465 e. The Bertz CT molecular complexity index is 1090. The van der Waals surface area contributed by atoms with Gasteiger partial charge in [0.05, 0.1) is 27.9 Å². The van der Waals surface area contributed by atoms with E-state index in [1.54, 1.807) is 26.8 Å². The van der Waals surface area contributed by atoms with Gasteiger partial charge < -0.3 is 15.2 Å². The van der Waals surface area contributed by atoms with Gasteiger partial charge in [-0.15, -0.1) is 11.7 Å². The number of nitro groups is 1. The maximum absolute atomic E-state index is 12.3. The van der Waals surface area contributed by atoms with E-state index in [0.29, 0.717) is 0 Å². The number of alkyl carbamates (subject to hydrolysis) is 1. The SMILES string of the molecule is C=CCC(NC(=O)OC(C)(C)C)c1cc(-c2ccc(N(C)C(=O)O)cc2[N+](=O)[O-])c(Cl)nn1. The average molecular weight is 478 g/mol. The zero-order valence-corrected chi connectivity index (χ0v) is 19.3. The lowest BCUT2D eigenvalue weighted by atomic mass is 10.0. The van der Waals surface area contributed by atoms with Gasteiger partial charge in [-0.25, -0.2) is 9.59 Å². The third-order valence-electron chi connectivity index (χ3n) is 4.36. The highest BCUT2D eigenvalue weighted by Gasteiger charge is 2.25. The van der Waals surface area contributed by atoms with E-state index >= 15 is 0 Å². The van der Waals surface area contributed by atoms with E-state index in [0.717, 1.165) is 11.0 Å². The number of carbonyl (C=O) groups excluding carboxylic acids is 1. The summed E-state index contributed by atoms with van der Waals surface area (Å²) in [6.07, 6.45) is -0.112. The molecule has 0 spiro atoms. The first-order valence-corrected chi connectivity index (χ1v) is 10.1. The van der Waals surface area contributed by atoms with Gasteiger partial charge in [-0.3, -0.25) is 15.0 Å². The van der Waals surface area contributed by atoms with E-state index < -0.39 is 28.8 Å². The van der Waals surface area contributed by atoms with Crippen molar-refractivity contribution >= 4 is 35.2 Å². The van der Waals surface area contributed by atoms with Gasteiger partial charge in [-0.2, -0.15) is 5.10 Å². The van der Waals surface area contributed by atoms with Crippen molar-refractivity contribution in [2.75, 3.05) is 11.9 Å². The summed E-state index contributed by atoms with van der Waals surface area (Å²) in [4.78, 5) is 35.4. The minimum absolute atomic E-state index is 0.101. The fraction of sp³-hybridized carbons (Fsp3) is 0.333. The van der Waals surface area contributed by atoms with Crippen molar-refractivity contribution in [3.05, 3.63) is 57.9 Å². The molecule has 11 nitrogen and oxygen atoms in total. The van der Waals surface area contributed by atoms with E-state index in [-0.39, 0.29) is 39.8 Å². The summed E-state index contributed by atoms with van der Waals surface area (Å²) in [5.74, 6) is 0. The van der Waals surface area contributed by atoms with Gasteiger partial charge in [0.1, 0.15) is 5.60 Å². The van der Waals surface area contributed by atoms with E-state index in [4.69, 9.17) is 21.4 Å². The summed E-state index contributed by atoms with van der Waals surface area (Å²) < 4.78 is 5.28. The van der Waals surface area contributed by atoms with Crippen LogP contribution in [0, 0.1) is 10.1 Å². The number of rotatable bonds is 7. The van der Waals surface area contributed by atoms with Crippen LogP contribution in [0.2, 0.25) is 5.15 Å². The molecule has 1 atom stereocenters. The quantitative estimate of drug-likeness (QED) is 0.323. The maximum Gasteiger partial charge on any atom is 0.411 e. The fourth-order valence-corrected chi connectivity index (χ4v) is 3.03. The van der Waals surface area contributed by atoms with Gasteiger partial charge in [0.2, 0.25) is 0 Å². The zero-order chi connectivity index (χ0) is 24.9. The van der Waals surface area contributed by atoms with Gasteiger partial charge in [-0.05, 0) is 45.4 Å². The number of nitro benzene ring substituents is 1. The number of carbonyl (C=O) groups is 2. The predicted molar refractivity (Wildman–Crippen MR) is 122 cm³/mol. The molecule has 0 fully saturated rings. The molecule has 2 amide bonds. The van der Waals surface area contributed by atoms with Crippen LogP contribution in [0.3, 0.4) is 0 Å². The third kappa shape index (κ3) is 6.62. The van der Waals surface area contributed by atoms with Gasteiger partial charge >= 0.3 is 12.2 Å². The lowest BCUT2D eigenvalue weighted by Gasteiger charge is -2.23.